The van der Waals surface area contributed by atoms with E-state index < -0.39 is 36.2 Å². The molecule has 11 nitrogen and oxygen atoms in total. The molecule has 222 valence electrons. The van der Waals surface area contributed by atoms with Gasteiger partial charge in [0.05, 0.1) is 24.8 Å². The third kappa shape index (κ3) is 8.69. The summed E-state index contributed by atoms with van der Waals surface area (Å²) < 4.78 is 32.8. The van der Waals surface area contributed by atoms with Gasteiger partial charge in [-0.25, -0.2) is 9.59 Å². The summed E-state index contributed by atoms with van der Waals surface area (Å²) in [4.78, 5) is 38.0. The number of esters is 1. The van der Waals surface area contributed by atoms with Crippen molar-refractivity contribution in [3.8, 4) is 11.5 Å². The van der Waals surface area contributed by atoms with Gasteiger partial charge in [0.15, 0.2) is 12.9 Å². The Morgan fingerprint density at radius 1 is 0.929 bits per heavy atom. The molecule has 4 rings (SSSR count). The van der Waals surface area contributed by atoms with E-state index >= 15 is 0 Å². The Labute approximate surface area is 244 Å². The van der Waals surface area contributed by atoms with Gasteiger partial charge in [0.2, 0.25) is 5.91 Å². The van der Waals surface area contributed by atoms with Gasteiger partial charge in [-0.05, 0) is 36.8 Å². The van der Waals surface area contributed by atoms with Crippen molar-refractivity contribution in [2.75, 3.05) is 33.7 Å². The number of rotatable bonds is 14. The number of carbonyl (C=O) groups is 3. The average molecular weight is 579 g/mol. The second kappa shape index (κ2) is 15.4. The SMILES string of the molecule is COCCOCOc1ccc2c(c1)O[C@H](COC(=O)c1ccccc1)[C@H]2NC(=O)[C@H](C)NC(=O)OCc1ccccc1. The number of hydrogen-bond acceptors (Lipinski definition) is 9. The highest BCUT2D eigenvalue weighted by molar-refractivity contribution is 5.89. The molecule has 0 aromatic heterocycles. The largest absolute Gasteiger partial charge is 0.484 e. The number of amides is 2. The Bertz CT molecular complexity index is 1320. The van der Waals surface area contributed by atoms with Crippen LogP contribution in [0.1, 0.15) is 34.5 Å². The fourth-order valence-corrected chi connectivity index (χ4v) is 4.11. The molecule has 3 atom stereocenters. The van der Waals surface area contributed by atoms with Crippen molar-refractivity contribution in [3.05, 3.63) is 95.6 Å². The Morgan fingerprint density at radius 3 is 2.40 bits per heavy atom. The zero-order chi connectivity index (χ0) is 29.7. The van der Waals surface area contributed by atoms with E-state index in [1.807, 2.05) is 30.3 Å². The van der Waals surface area contributed by atoms with Crippen LogP contribution in [-0.4, -0.2) is 63.8 Å². The first kappa shape index (κ1) is 30.4. The summed E-state index contributed by atoms with van der Waals surface area (Å²) >= 11 is 0. The first-order valence-electron chi connectivity index (χ1n) is 13.4. The topological polar surface area (TPSA) is 131 Å². The van der Waals surface area contributed by atoms with Gasteiger partial charge < -0.3 is 39.1 Å². The number of benzene rings is 3. The first-order chi connectivity index (χ1) is 20.4. The van der Waals surface area contributed by atoms with Crippen molar-refractivity contribution in [1.29, 1.82) is 0 Å². The number of nitrogens with one attached hydrogen (secondary N) is 2. The zero-order valence-corrected chi connectivity index (χ0v) is 23.4. The van der Waals surface area contributed by atoms with E-state index in [9.17, 15) is 14.4 Å². The summed E-state index contributed by atoms with van der Waals surface area (Å²) in [5.41, 5.74) is 1.88. The lowest BCUT2D eigenvalue weighted by atomic mass is 10.0. The minimum absolute atomic E-state index is 0.0178. The molecule has 0 aliphatic carbocycles. The van der Waals surface area contributed by atoms with Gasteiger partial charge in [0.1, 0.15) is 30.8 Å². The van der Waals surface area contributed by atoms with Gasteiger partial charge >= 0.3 is 12.1 Å². The highest BCUT2D eigenvalue weighted by atomic mass is 16.7. The maximum Gasteiger partial charge on any atom is 0.408 e. The molecule has 0 radical (unpaired) electrons. The van der Waals surface area contributed by atoms with Crippen LogP contribution in [0.5, 0.6) is 11.5 Å². The normalized spacial score (nSPS) is 16.0. The van der Waals surface area contributed by atoms with Crippen molar-refractivity contribution in [1.82, 2.24) is 10.6 Å². The minimum atomic E-state index is -0.920. The van der Waals surface area contributed by atoms with E-state index in [0.29, 0.717) is 35.8 Å². The molecule has 0 fully saturated rings. The predicted molar refractivity (Wildman–Crippen MR) is 151 cm³/mol. The van der Waals surface area contributed by atoms with Gasteiger partial charge in [-0.15, -0.1) is 0 Å². The number of fused-ring (bicyclic) bond motifs is 1. The molecular formula is C31H34N2O9. The quantitative estimate of drug-likeness (QED) is 0.167. The minimum Gasteiger partial charge on any atom is -0.484 e. The Morgan fingerprint density at radius 2 is 1.67 bits per heavy atom. The number of alkyl carbamates (subject to hydrolysis) is 1. The van der Waals surface area contributed by atoms with Crippen LogP contribution in [-0.2, 0) is 30.3 Å². The molecule has 1 aliphatic heterocycles. The molecule has 2 amide bonds. The molecule has 0 spiro atoms. The molecule has 42 heavy (non-hydrogen) atoms. The molecule has 0 unspecified atom stereocenters. The van der Waals surface area contributed by atoms with E-state index in [1.54, 1.807) is 62.6 Å². The van der Waals surface area contributed by atoms with Crippen molar-refractivity contribution in [2.24, 2.45) is 0 Å². The number of methoxy groups -OCH3 is 1. The molecule has 1 heterocycles. The summed E-state index contributed by atoms with van der Waals surface area (Å²) in [6, 6.07) is 21.3. The molecular weight excluding hydrogens is 544 g/mol. The fraction of sp³-hybridized carbons (Fsp3) is 0.323. The predicted octanol–water partition coefficient (Wildman–Crippen LogP) is 3.78. The van der Waals surface area contributed by atoms with Crippen LogP contribution < -0.4 is 20.1 Å². The second-order valence-electron chi connectivity index (χ2n) is 9.40. The van der Waals surface area contributed by atoms with Crippen molar-refractivity contribution in [2.45, 2.75) is 31.7 Å². The molecule has 0 saturated heterocycles. The third-order valence-electron chi connectivity index (χ3n) is 6.34. The van der Waals surface area contributed by atoms with Crippen LogP contribution in [0.2, 0.25) is 0 Å². The van der Waals surface area contributed by atoms with Gasteiger partial charge in [0.25, 0.3) is 0 Å². The van der Waals surface area contributed by atoms with E-state index in [0.717, 1.165) is 5.56 Å². The molecule has 3 aromatic carbocycles. The molecule has 3 aromatic rings. The Kier molecular flexibility index (Phi) is 11.1. The molecule has 0 saturated carbocycles. The van der Waals surface area contributed by atoms with Gasteiger partial charge in [0, 0.05) is 18.7 Å². The average Bonchev–Trinajstić information content (AvgIpc) is 3.35. The molecule has 2 N–H and O–H groups in total. The standard InChI is InChI=1S/C31H34N2O9/c1-21(32-31(36)40-18-22-9-5-3-6-10-22)29(34)33-28-25-14-13-24(41-20-38-16-15-37-2)17-26(25)42-27(28)19-39-30(35)23-11-7-4-8-12-23/h3-14,17,21,27-28H,15-16,18-20H2,1-2H3,(H,32,36)(H,33,34)/t21-,27+,28-/m0/s1. The van der Waals surface area contributed by atoms with E-state index in [4.69, 9.17) is 28.4 Å². The smallest absolute Gasteiger partial charge is 0.408 e. The van der Waals surface area contributed by atoms with Crippen molar-refractivity contribution < 1.29 is 42.8 Å². The molecule has 1 aliphatic rings. The van der Waals surface area contributed by atoms with Crippen LogP contribution in [0.25, 0.3) is 0 Å². The number of carbonyl (C=O) groups excluding carboxylic acids is 3. The van der Waals surface area contributed by atoms with Crippen LogP contribution >= 0.6 is 0 Å². The number of hydrogen-bond donors (Lipinski definition) is 2. The summed E-state index contributed by atoms with van der Waals surface area (Å²) in [6.45, 7) is 2.32. The summed E-state index contributed by atoms with van der Waals surface area (Å²) in [5.74, 6) is -0.0410. The van der Waals surface area contributed by atoms with E-state index in [1.165, 1.54) is 0 Å². The maximum atomic E-state index is 13.1. The third-order valence-corrected chi connectivity index (χ3v) is 6.34. The van der Waals surface area contributed by atoms with Crippen LogP contribution in [0, 0.1) is 0 Å². The molecule has 11 heteroatoms. The lowest BCUT2D eigenvalue weighted by Crippen LogP contribution is -2.48. The Balaban J connectivity index is 1.39. The number of ether oxygens (including phenoxy) is 6. The van der Waals surface area contributed by atoms with E-state index in [2.05, 4.69) is 10.6 Å². The summed E-state index contributed by atoms with van der Waals surface area (Å²) in [6.07, 6.45) is -1.46. The van der Waals surface area contributed by atoms with Gasteiger partial charge in [-0.3, -0.25) is 4.79 Å². The first-order valence-corrected chi connectivity index (χ1v) is 13.4. The summed E-state index contributed by atoms with van der Waals surface area (Å²) in [7, 11) is 1.58. The van der Waals surface area contributed by atoms with Gasteiger partial charge in [-0.1, -0.05) is 48.5 Å². The van der Waals surface area contributed by atoms with Crippen LogP contribution in [0.3, 0.4) is 0 Å². The second-order valence-corrected chi connectivity index (χ2v) is 9.40. The zero-order valence-electron chi connectivity index (χ0n) is 23.4. The highest BCUT2D eigenvalue weighted by Crippen LogP contribution is 2.39. The van der Waals surface area contributed by atoms with Crippen molar-refractivity contribution >= 4 is 18.0 Å². The fourth-order valence-electron chi connectivity index (χ4n) is 4.11. The maximum absolute atomic E-state index is 13.1. The highest BCUT2D eigenvalue weighted by Gasteiger charge is 2.38. The van der Waals surface area contributed by atoms with E-state index in [-0.39, 0.29) is 20.0 Å². The van der Waals surface area contributed by atoms with Crippen LogP contribution in [0.4, 0.5) is 4.79 Å². The summed E-state index contributed by atoms with van der Waals surface area (Å²) in [5, 5.41) is 5.45. The monoisotopic (exact) mass is 578 g/mol. The lowest BCUT2D eigenvalue weighted by Gasteiger charge is -2.22. The Hall–Kier alpha value is -4.61. The van der Waals surface area contributed by atoms with Gasteiger partial charge in [-0.2, -0.15) is 0 Å². The molecule has 0 bridgehead atoms. The lowest BCUT2D eigenvalue weighted by molar-refractivity contribution is -0.124. The van der Waals surface area contributed by atoms with Crippen molar-refractivity contribution in [3.63, 3.8) is 0 Å². The van der Waals surface area contributed by atoms with Crippen LogP contribution in [0.15, 0.2) is 78.9 Å².